The minimum Gasteiger partial charge on any atom is -0.356 e. The molecule has 138 valence electrons. The first-order chi connectivity index (χ1) is 13.2. The van der Waals surface area contributed by atoms with Crippen LogP contribution in [0.2, 0.25) is 0 Å². The molecule has 1 N–H and O–H groups in total. The topological polar surface area (TPSA) is 88.8 Å². The van der Waals surface area contributed by atoms with Crippen LogP contribution in [0, 0.1) is 5.92 Å². The summed E-state index contributed by atoms with van der Waals surface area (Å²) < 4.78 is 2.55. The van der Waals surface area contributed by atoms with Gasteiger partial charge in [0.1, 0.15) is 24.8 Å². The van der Waals surface area contributed by atoms with Crippen LogP contribution in [0.25, 0.3) is 5.82 Å². The summed E-state index contributed by atoms with van der Waals surface area (Å²) in [5, 5.41) is 7.10. The number of hydrogen-bond donors (Lipinski definition) is 1. The van der Waals surface area contributed by atoms with Gasteiger partial charge in [-0.25, -0.2) is 19.6 Å². The normalized spacial score (nSPS) is 14.9. The lowest BCUT2D eigenvalue weighted by Crippen LogP contribution is -2.38. The van der Waals surface area contributed by atoms with E-state index in [1.165, 1.54) is 12.7 Å². The molecule has 0 atom stereocenters. The first-order valence-corrected chi connectivity index (χ1v) is 9.47. The van der Waals surface area contributed by atoms with Crippen LogP contribution in [-0.2, 0) is 4.79 Å². The largest absolute Gasteiger partial charge is 0.356 e. The molecule has 0 spiro atoms. The third kappa shape index (κ3) is 4.13. The van der Waals surface area contributed by atoms with E-state index in [1.54, 1.807) is 11.0 Å². The zero-order valence-corrected chi connectivity index (χ0v) is 16.1. The molecule has 1 aliphatic heterocycles. The number of carbonyl (C=O) groups excluding carboxylic acids is 1. The van der Waals surface area contributed by atoms with Crippen molar-refractivity contribution in [3.63, 3.8) is 0 Å². The quantitative estimate of drug-likeness (QED) is 0.688. The van der Waals surface area contributed by atoms with E-state index in [4.69, 9.17) is 0 Å². The van der Waals surface area contributed by atoms with Crippen LogP contribution >= 0.6 is 15.9 Å². The number of amides is 1. The molecule has 1 amide bonds. The minimum absolute atomic E-state index is 0.00291. The van der Waals surface area contributed by atoms with Crippen molar-refractivity contribution in [3.05, 3.63) is 53.8 Å². The van der Waals surface area contributed by atoms with Gasteiger partial charge in [-0.3, -0.25) is 4.79 Å². The number of carbonyl (C=O) groups is 1. The second-order valence-electron chi connectivity index (χ2n) is 6.34. The maximum atomic E-state index is 12.5. The predicted molar refractivity (Wildman–Crippen MR) is 105 cm³/mol. The van der Waals surface area contributed by atoms with Crippen molar-refractivity contribution < 1.29 is 4.79 Å². The highest BCUT2D eigenvalue weighted by atomic mass is 79.9. The summed E-state index contributed by atoms with van der Waals surface area (Å²) >= 11 is 3.42. The molecule has 1 saturated heterocycles. The van der Waals surface area contributed by atoms with Crippen LogP contribution in [0.3, 0.4) is 0 Å². The molecule has 0 bridgehead atoms. The molecule has 1 fully saturated rings. The van der Waals surface area contributed by atoms with E-state index < -0.39 is 0 Å². The fourth-order valence-corrected chi connectivity index (χ4v) is 3.54. The summed E-state index contributed by atoms with van der Waals surface area (Å²) in [7, 11) is 0. The minimum atomic E-state index is -0.00291. The highest BCUT2D eigenvalue weighted by molar-refractivity contribution is 9.10. The first-order valence-electron chi connectivity index (χ1n) is 8.67. The summed E-state index contributed by atoms with van der Waals surface area (Å²) in [6, 6.07) is 9.52. The number of nitrogens with one attached hydrogen (secondary N) is 1. The second kappa shape index (κ2) is 7.83. The molecule has 0 radical (unpaired) electrons. The Morgan fingerprint density at radius 1 is 1.11 bits per heavy atom. The SMILES string of the molecule is O=C(Nc1cccc(Br)c1)C1CCN(c2cc(-n3cncn3)ncn2)CC1. The molecule has 0 unspecified atom stereocenters. The fourth-order valence-electron chi connectivity index (χ4n) is 3.14. The van der Waals surface area contributed by atoms with E-state index in [0.29, 0.717) is 5.82 Å². The van der Waals surface area contributed by atoms with Crippen molar-refractivity contribution in [1.29, 1.82) is 0 Å². The molecule has 0 saturated carbocycles. The summed E-state index contributed by atoms with van der Waals surface area (Å²) in [6.45, 7) is 1.54. The van der Waals surface area contributed by atoms with Gasteiger partial charge in [0, 0.05) is 35.2 Å². The molecule has 3 aromatic rings. The molecule has 27 heavy (non-hydrogen) atoms. The van der Waals surface area contributed by atoms with Gasteiger partial charge in [0.25, 0.3) is 0 Å². The van der Waals surface area contributed by atoms with Gasteiger partial charge in [-0.15, -0.1) is 0 Å². The first kappa shape index (κ1) is 17.6. The molecule has 0 aliphatic carbocycles. The Bertz CT molecular complexity index is 923. The lowest BCUT2D eigenvalue weighted by molar-refractivity contribution is -0.120. The molecule has 2 aromatic heterocycles. The second-order valence-corrected chi connectivity index (χ2v) is 7.25. The summed E-state index contributed by atoms with van der Waals surface area (Å²) in [4.78, 5) is 27.3. The van der Waals surface area contributed by atoms with E-state index in [2.05, 4.69) is 46.2 Å². The third-order valence-corrected chi connectivity index (χ3v) is 5.07. The molecular formula is C18H18BrN7O. The maximum Gasteiger partial charge on any atom is 0.227 e. The number of halogens is 1. The zero-order valence-electron chi connectivity index (χ0n) is 14.5. The van der Waals surface area contributed by atoms with Crippen LogP contribution in [-0.4, -0.2) is 43.7 Å². The molecule has 1 aliphatic rings. The van der Waals surface area contributed by atoms with Gasteiger partial charge >= 0.3 is 0 Å². The summed E-state index contributed by atoms with van der Waals surface area (Å²) in [6.07, 6.45) is 6.16. The Hall–Kier alpha value is -2.81. The van der Waals surface area contributed by atoms with Crippen molar-refractivity contribution in [2.24, 2.45) is 5.92 Å². The van der Waals surface area contributed by atoms with Crippen molar-refractivity contribution in [1.82, 2.24) is 24.7 Å². The number of rotatable bonds is 4. The molecule has 4 rings (SSSR count). The summed E-state index contributed by atoms with van der Waals surface area (Å²) in [5.41, 5.74) is 0.810. The molecule has 1 aromatic carbocycles. The average molecular weight is 428 g/mol. The number of benzene rings is 1. The van der Waals surface area contributed by atoms with Crippen molar-refractivity contribution in [3.8, 4) is 5.82 Å². The molecule has 8 nitrogen and oxygen atoms in total. The van der Waals surface area contributed by atoms with Gasteiger partial charge in [0.05, 0.1) is 0 Å². The van der Waals surface area contributed by atoms with Gasteiger partial charge in [0.15, 0.2) is 5.82 Å². The van der Waals surface area contributed by atoms with Crippen LogP contribution in [0.15, 0.2) is 53.8 Å². The van der Waals surface area contributed by atoms with Crippen molar-refractivity contribution in [2.45, 2.75) is 12.8 Å². The van der Waals surface area contributed by atoms with Crippen LogP contribution in [0.5, 0.6) is 0 Å². The van der Waals surface area contributed by atoms with Gasteiger partial charge < -0.3 is 10.2 Å². The Labute approximate surface area is 164 Å². The van der Waals surface area contributed by atoms with Crippen molar-refractivity contribution >= 4 is 33.3 Å². The molecular weight excluding hydrogens is 410 g/mol. The van der Waals surface area contributed by atoms with E-state index in [1.807, 2.05) is 30.3 Å². The van der Waals surface area contributed by atoms with Gasteiger partial charge in [0.2, 0.25) is 5.91 Å². The monoisotopic (exact) mass is 427 g/mol. The standard InChI is InChI=1S/C18H18BrN7O/c19-14-2-1-3-15(8-14)24-18(27)13-4-6-25(7-5-13)16-9-17(22-11-21-16)26-12-20-10-23-26/h1-3,8-13H,4-7H2,(H,24,27). The number of anilines is 2. The Morgan fingerprint density at radius 3 is 2.67 bits per heavy atom. The summed E-state index contributed by atoms with van der Waals surface area (Å²) in [5.74, 6) is 1.57. The van der Waals surface area contributed by atoms with E-state index in [0.717, 1.165) is 41.9 Å². The average Bonchev–Trinajstić information content (AvgIpc) is 3.23. The number of nitrogens with zero attached hydrogens (tertiary/aromatic N) is 6. The highest BCUT2D eigenvalue weighted by Gasteiger charge is 2.26. The van der Waals surface area contributed by atoms with Crippen LogP contribution < -0.4 is 10.2 Å². The lowest BCUT2D eigenvalue weighted by Gasteiger charge is -2.32. The molecule has 9 heteroatoms. The van der Waals surface area contributed by atoms with Gasteiger partial charge in [-0.05, 0) is 31.0 Å². The smallest absolute Gasteiger partial charge is 0.227 e. The number of hydrogen-bond acceptors (Lipinski definition) is 6. The molecule has 3 heterocycles. The van der Waals surface area contributed by atoms with Gasteiger partial charge in [-0.1, -0.05) is 22.0 Å². The highest BCUT2D eigenvalue weighted by Crippen LogP contribution is 2.24. The number of piperidine rings is 1. The third-order valence-electron chi connectivity index (χ3n) is 4.57. The lowest BCUT2D eigenvalue weighted by atomic mass is 9.96. The maximum absolute atomic E-state index is 12.5. The number of aromatic nitrogens is 5. The van der Waals surface area contributed by atoms with Crippen LogP contribution in [0.1, 0.15) is 12.8 Å². The van der Waals surface area contributed by atoms with Crippen LogP contribution in [0.4, 0.5) is 11.5 Å². The van der Waals surface area contributed by atoms with Gasteiger partial charge in [-0.2, -0.15) is 5.10 Å². The predicted octanol–water partition coefficient (Wildman–Crippen LogP) is 2.67. The Balaban J connectivity index is 1.37. The Morgan fingerprint density at radius 2 is 1.93 bits per heavy atom. The Kier molecular flexibility index (Phi) is 5.10. The van der Waals surface area contributed by atoms with Crippen molar-refractivity contribution in [2.75, 3.05) is 23.3 Å². The fraction of sp³-hybridized carbons (Fsp3) is 0.278. The zero-order chi connectivity index (χ0) is 18.6. The van der Waals surface area contributed by atoms with E-state index in [-0.39, 0.29) is 11.8 Å². The van der Waals surface area contributed by atoms with E-state index in [9.17, 15) is 4.79 Å². The van der Waals surface area contributed by atoms with E-state index >= 15 is 0 Å².